The van der Waals surface area contributed by atoms with Crippen LogP contribution >= 0.6 is 11.3 Å². The Morgan fingerprint density at radius 1 is 1.24 bits per heavy atom. The average Bonchev–Trinajstić information content (AvgIpc) is 3.16. The van der Waals surface area contributed by atoms with Crippen LogP contribution in [0.4, 0.5) is 0 Å². The molecular formula is C15H14N2O3S. The Morgan fingerprint density at radius 3 is 2.90 bits per heavy atom. The minimum atomic E-state index is 0.206. The molecule has 0 aliphatic heterocycles. The first-order valence-corrected chi connectivity index (χ1v) is 7.28. The molecule has 0 unspecified atom stereocenters. The molecule has 0 saturated heterocycles. The van der Waals surface area contributed by atoms with Crippen LogP contribution < -0.4 is 9.47 Å². The summed E-state index contributed by atoms with van der Waals surface area (Å²) >= 11 is 1.57. The lowest BCUT2D eigenvalue weighted by Gasteiger charge is -2.09. The number of nitrogens with zero attached hydrogens (tertiary/aromatic N) is 2. The van der Waals surface area contributed by atoms with Gasteiger partial charge in [-0.1, -0.05) is 17.3 Å². The van der Waals surface area contributed by atoms with Crippen molar-refractivity contribution in [2.45, 2.75) is 13.5 Å². The normalized spacial score (nSPS) is 10.6. The molecule has 0 radical (unpaired) electrons. The quantitative estimate of drug-likeness (QED) is 0.719. The molecule has 2 aromatic heterocycles. The molecule has 2 heterocycles. The van der Waals surface area contributed by atoms with Crippen LogP contribution in [0, 0.1) is 6.92 Å². The predicted octanol–water partition coefficient (Wildman–Crippen LogP) is 3.69. The molecular weight excluding hydrogens is 288 g/mol. The van der Waals surface area contributed by atoms with Crippen molar-refractivity contribution in [1.29, 1.82) is 0 Å². The van der Waals surface area contributed by atoms with Gasteiger partial charge in [0.1, 0.15) is 0 Å². The van der Waals surface area contributed by atoms with Crippen LogP contribution in [0.2, 0.25) is 0 Å². The van der Waals surface area contributed by atoms with Gasteiger partial charge in [-0.15, -0.1) is 11.3 Å². The van der Waals surface area contributed by atoms with Crippen LogP contribution in [0.1, 0.15) is 11.5 Å². The fraction of sp³-hybridized carbons (Fsp3) is 0.200. The molecule has 0 fully saturated rings. The van der Waals surface area contributed by atoms with E-state index in [0.717, 1.165) is 10.4 Å². The summed E-state index contributed by atoms with van der Waals surface area (Å²) in [7, 11) is 1.61. The maximum absolute atomic E-state index is 5.68. The van der Waals surface area contributed by atoms with Crippen LogP contribution in [-0.2, 0) is 6.61 Å². The Balaban J connectivity index is 1.71. The SMILES string of the molecule is COc1cc(C)ccc1OCc1nc(-c2cccs2)no1. The van der Waals surface area contributed by atoms with E-state index in [-0.39, 0.29) is 6.61 Å². The Morgan fingerprint density at radius 2 is 2.14 bits per heavy atom. The third-order valence-corrected chi connectivity index (χ3v) is 3.75. The van der Waals surface area contributed by atoms with Gasteiger partial charge in [0, 0.05) is 0 Å². The molecule has 0 spiro atoms. The Labute approximate surface area is 126 Å². The van der Waals surface area contributed by atoms with Crippen LogP contribution in [0.3, 0.4) is 0 Å². The molecule has 1 aromatic carbocycles. The molecule has 108 valence electrons. The highest BCUT2D eigenvalue weighted by atomic mass is 32.1. The maximum atomic E-state index is 5.68. The molecule has 0 amide bonds. The highest BCUT2D eigenvalue weighted by Crippen LogP contribution is 2.28. The minimum absolute atomic E-state index is 0.206. The summed E-state index contributed by atoms with van der Waals surface area (Å²) < 4.78 is 16.2. The van der Waals surface area contributed by atoms with Gasteiger partial charge in [0.2, 0.25) is 5.82 Å². The molecule has 5 nitrogen and oxygen atoms in total. The topological polar surface area (TPSA) is 57.4 Å². The summed E-state index contributed by atoms with van der Waals surface area (Å²) in [5.41, 5.74) is 1.11. The first-order chi connectivity index (χ1) is 10.3. The molecule has 6 heteroatoms. The van der Waals surface area contributed by atoms with E-state index in [2.05, 4.69) is 10.1 Å². The van der Waals surface area contributed by atoms with Crippen molar-refractivity contribution in [2.24, 2.45) is 0 Å². The first kappa shape index (κ1) is 13.6. The zero-order valence-electron chi connectivity index (χ0n) is 11.7. The Kier molecular flexibility index (Phi) is 3.87. The number of benzene rings is 1. The number of thiophene rings is 1. The third kappa shape index (κ3) is 3.05. The van der Waals surface area contributed by atoms with E-state index in [1.165, 1.54) is 0 Å². The molecule has 0 N–H and O–H groups in total. The van der Waals surface area contributed by atoms with Crippen molar-refractivity contribution in [1.82, 2.24) is 10.1 Å². The lowest BCUT2D eigenvalue weighted by molar-refractivity contribution is 0.233. The first-order valence-electron chi connectivity index (χ1n) is 6.40. The summed E-state index contributed by atoms with van der Waals surface area (Å²) in [4.78, 5) is 5.28. The minimum Gasteiger partial charge on any atom is -0.493 e. The zero-order chi connectivity index (χ0) is 14.7. The van der Waals surface area contributed by atoms with E-state index >= 15 is 0 Å². The number of hydrogen-bond acceptors (Lipinski definition) is 6. The number of hydrogen-bond donors (Lipinski definition) is 0. The fourth-order valence-electron chi connectivity index (χ4n) is 1.85. The molecule has 0 atom stereocenters. The molecule has 0 aliphatic rings. The summed E-state index contributed by atoms with van der Waals surface area (Å²) in [6.07, 6.45) is 0. The summed E-state index contributed by atoms with van der Waals surface area (Å²) in [5.74, 6) is 2.35. The van der Waals surface area contributed by atoms with E-state index in [4.69, 9.17) is 14.0 Å². The maximum Gasteiger partial charge on any atom is 0.264 e. The summed E-state index contributed by atoms with van der Waals surface area (Å²) in [5, 5.41) is 5.91. The van der Waals surface area contributed by atoms with Gasteiger partial charge in [0.15, 0.2) is 18.1 Å². The Hall–Kier alpha value is -2.34. The van der Waals surface area contributed by atoms with Gasteiger partial charge in [-0.05, 0) is 36.1 Å². The van der Waals surface area contributed by atoms with Crippen LogP contribution in [0.15, 0.2) is 40.2 Å². The molecule has 21 heavy (non-hydrogen) atoms. The number of methoxy groups -OCH3 is 1. The van der Waals surface area contributed by atoms with Crippen LogP contribution in [0.25, 0.3) is 10.7 Å². The van der Waals surface area contributed by atoms with Gasteiger partial charge in [-0.2, -0.15) is 4.98 Å². The smallest absolute Gasteiger partial charge is 0.264 e. The number of ether oxygens (including phenoxy) is 2. The fourth-order valence-corrected chi connectivity index (χ4v) is 2.50. The number of aromatic nitrogens is 2. The molecule has 0 bridgehead atoms. The third-order valence-electron chi connectivity index (χ3n) is 2.88. The predicted molar refractivity (Wildman–Crippen MR) is 79.7 cm³/mol. The van der Waals surface area contributed by atoms with Crippen molar-refractivity contribution in [3.63, 3.8) is 0 Å². The Bertz CT molecular complexity index is 722. The lowest BCUT2D eigenvalue weighted by Crippen LogP contribution is -1.98. The second-order valence-electron chi connectivity index (χ2n) is 4.43. The largest absolute Gasteiger partial charge is 0.493 e. The van der Waals surface area contributed by atoms with Gasteiger partial charge in [0.05, 0.1) is 12.0 Å². The second kappa shape index (κ2) is 5.97. The van der Waals surface area contributed by atoms with Crippen molar-refractivity contribution in [3.05, 3.63) is 47.2 Å². The van der Waals surface area contributed by atoms with Crippen LogP contribution in [0.5, 0.6) is 11.5 Å². The molecule has 0 saturated carbocycles. The second-order valence-corrected chi connectivity index (χ2v) is 5.38. The van der Waals surface area contributed by atoms with Crippen molar-refractivity contribution in [2.75, 3.05) is 7.11 Å². The number of aryl methyl sites for hydroxylation is 1. The van der Waals surface area contributed by atoms with E-state index < -0.39 is 0 Å². The molecule has 0 aliphatic carbocycles. The summed E-state index contributed by atoms with van der Waals surface area (Å²) in [6, 6.07) is 9.64. The van der Waals surface area contributed by atoms with E-state index in [0.29, 0.717) is 23.2 Å². The monoisotopic (exact) mass is 302 g/mol. The lowest BCUT2D eigenvalue weighted by atomic mass is 10.2. The molecule has 3 aromatic rings. The van der Waals surface area contributed by atoms with Gasteiger partial charge >= 0.3 is 0 Å². The summed E-state index contributed by atoms with van der Waals surface area (Å²) in [6.45, 7) is 2.20. The van der Waals surface area contributed by atoms with Crippen molar-refractivity contribution in [3.8, 4) is 22.2 Å². The highest BCUT2D eigenvalue weighted by Gasteiger charge is 2.11. The van der Waals surface area contributed by atoms with E-state index in [1.54, 1.807) is 18.4 Å². The number of rotatable bonds is 5. The van der Waals surface area contributed by atoms with Crippen molar-refractivity contribution >= 4 is 11.3 Å². The van der Waals surface area contributed by atoms with Gasteiger partial charge in [-0.3, -0.25) is 0 Å². The van der Waals surface area contributed by atoms with E-state index in [9.17, 15) is 0 Å². The van der Waals surface area contributed by atoms with Gasteiger partial charge in [0.25, 0.3) is 5.89 Å². The van der Waals surface area contributed by atoms with E-state index in [1.807, 2.05) is 42.6 Å². The highest BCUT2D eigenvalue weighted by molar-refractivity contribution is 7.13. The van der Waals surface area contributed by atoms with Crippen molar-refractivity contribution < 1.29 is 14.0 Å². The zero-order valence-corrected chi connectivity index (χ0v) is 12.5. The van der Waals surface area contributed by atoms with Crippen LogP contribution in [-0.4, -0.2) is 17.3 Å². The average molecular weight is 302 g/mol. The molecule has 3 rings (SSSR count). The van der Waals surface area contributed by atoms with Gasteiger partial charge in [-0.25, -0.2) is 0 Å². The standard InChI is InChI=1S/C15H14N2O3S/c1-10-5-6-11(12(8-10)18-2)19-9-14-16-15(17-20-14)13-4-3-7-21-13/h3-8H,9H2,1-2H3. The van der Waals surface area contributed by atoms with Gasteiger partial charge < -0.3 is 14.0 Å².